The van der Waals surface area contributed by atoms with Crippen molar-refractivity contribution in [1.82, 2.24) is 20.6 Å². The molecule has 5 rings (SSSR count). The molecule has 2 aliphatic rings. The average Bonchev–Trinajstić information content (AvgIpc) is 3.72. The maximum absolute atomic E-state index is 14.1. The van der Waals surface area contributed by atoms with Crippen LogP contribution in [0, 0.1) is 24.1 Å². The zero-order valence-electron chi connectivity index (χ0n) is 21.3. The third kappa shape index (κ3) is 4.94. The zero-order chi connectivity index (χ0) is 26.3. The predicted molar refractivity (Wildman–Crippen MR) is 139 cm³/mol. The number of fused-ring (bicyclic) bond motifs is 1. The summed E-state index contributed by atoms with van der Waals surface area (Å²) in [4.78, 5) is 25.5. The number of halogens is 1. The van der Waals surface area contributed by atoms with Crippen LogP contribution in [0.1, 0.15) is 77.9 Å². The zero-order valence-corrected chi connectivity index (χ0v) is 21.3. The van der Waals surface area contributed by atoms with Crippen molar-refractivity contribution in [1.29, 1.82) is 5.26 Å². The number of hydrogen-bond acceptors (Lipinski definition) is 7. The van der Waals surface area contributed by atoms with Gasteiger partial charge in [0, 0.05) is 54.4 Å². The highest BCUT2D eigenvalue weighted by Crippen LogP contribution is 2.43. The minimum atomic E-state index is -0.745. The number of nitriles is 1. The minimum Gasteiger partial charge on any atom is -0.506 e. The van der Waals surface area contributed by atoms with Crippen LogP contribution >= 0.6 is 0 Å². The molecule has 9 heteroatoms. The highest BCUT2D eigenvalue weighted by Gasteiger charge is 2.31. The molecule has 0 unspecified atom stereocenters. The molecule has 2 atom stereocenters. The van der Waals surface area contributed by atoms with E-state index in [4.69, 9.17) is 9.97 Å². The molecule has 2 aromatic heterocycles. The smallest absolute Gasteiger partial charge is 0.255 e. The van der Waals surface area contributed by atoms with Gasteiger partial charge in [0.2, 0.25) is 0 Å². The summed E-state index contributed by atoms with van der Waals surface area (Å²) < 4.78 is 14.1. The molecular weight excluding hydrogens is 471 g/mol. The summed E-state index contributed by atoms with van der Waals surface area (Å²) in [5, 5.41) is 27.0. The van der Waals surface area contributed by atoms with Crippen LogP contribution in [0.2, 0.25) is 0 Å². The van der Waals surface area contributed by atoms with E-state index in [1.165, 1.54) is 0 Å². The lowest BCUT2D eigenvalue weighted by atomic mass is 10.0. The molecule has 1 saturated heterocycles. The molecule has 3 heterocycles. The standard InChI is InChI=1S/C28H31FN6O2/c1-15-6-8-35(9-7-31-15)26-22-10-16(2)33-24(18-4-5-18)25(22)32-14-23(26)28(37)34-17(3)21-12-20(29)11-19(13-30)27(21)36/h10-12,14-15,17-18,31,36H,4-9H2,1-3H3,(H,34,37)/t15-,17-/m0/s1. The number of aromatic nitrogens is 2. The van der Waals surface area contributed by atoms with Crippen molar-refractivity contribution in [3.05, 3.63) is 58.3 Å². The number of phenolic OH excluding ortho intramolecular Hbond substituents is 1. The number of carbonyl (C=O) groups is 1. The van der Waals surface area contributed by atoms with Gasteiger partial charge in [0.05, 0.1) is 34.1 Å². The SMILES string of the molecule is Cc1cc2c(N3CCN[C@@H](C)CC3)c(C(=O)N[C@@H](C)c3cc(F)cc(C#N)c3O)cnc2c(C2CC2)n1. The Morgan fingerprint density at radius 3 is 2.81 bits per heavy atom. The number of rotatable bonds is 5. The van der Waals surface area contributed by atoms with Gasteiger partial charge in [-0.1, -0.05) is 0 Å². The number of hydrogen-bond donors (Lipinski definition) is 3. The first-order chi connectivity index (χ1) is 17.8. The Morgan fingerprint density at radius 1 is 1.30 bits per heavy atom. The summed E-state index contributed by atoms with van der Waals surface area (Å²) in [5.41, 5.74) is 3.91. The van der Waals surface area contributed by atoms with Gasteiger partial charge < -0.3 is 20.6 Å². The highest BCUT2D eigenvalue weighted by molar-refractivity contribution is 6.08. The van der Waals surface area contributed by atoms with E-state index in [2.05, 4.69) is 22.5 Å². The number of benzene rings is 1. The minimum absolute atomic E-state index is 0.143. The highest BCUT2D eigenvalue weighted by atomic mass is 19.1. The Morgan fingerprint density at radius 2 is 2.08 bits per heavy atom. The van der Waals surface area contributed by atoms with Gasteiger partial charge in [-0.2, -0.15) is 5.26 Å². The summed E-state index contributed by atoms with van der Waals surface area (Å²) in [6.07, 6.45) is 4.72. The van der Waals surface area contributed by atoms with Gasteiger partial charge >= 0.3 is 0 Å². The number of anilines is 1. The second-order valence-electron chi connectivity index (χ2n) is 10.2. The molecule has 3 N–H and O–H groups in total. The van der Waals surface area contributed by atoms with Crippen molar-refractivity contribution in [2.45, 2.75) is 58.0 Å². The third-order valence-corrected chi connectivity index (χ3v) is 7.25. The van der Waals surface area contributed by atoms with Gasteiger partial charge in [-0.15, -0.1) is 0 Å². The van der Waals surface area contributed by atoms with Gasteiger partial charge in [-0.3, -0.25) is 14.8 Å². The number of carbonyl (C=O) groups excluding carboxylic acids is 1. The summed E-state index contributed by atoms with van der Waals surface area (Å²) in [7, 11) is 0. The maximum Gasteiger partial charge on any atom is 0.255 e. The first kappa shape index (κ1) is 24.9. The Labute approximate surface area is 215 Å². The van der Waals surface area contributed by atoms with Crippen LogP contribution in [0.15, 0.2) is 24.4 Å². The van der Waals surface area contributed by atoms with E-state index in [0.717, 1.165) is 79.0 Å². The van der Waals surface area contributed by atoms with E-state index in [-0.39, 0.29) is 22.8 Å². The molecule has 0 radical (unpaired) electrons. The van der Waals surface area contributed by atoms with Gasteiger partial charge in [-0.25, -0.2) is 4.39 Å². The Bertz CT molecular complexity index is 1410. The third-order valence-electron chi connectivity index (χ3n) is 7.25. The number of pyridine rings is 2. The number of phenols is 1. The summed E-state index contributed by atoms with van der Waals surface area (Å²) in [6.45, 7) is 8.07. The van der Waals surface area contributed by atoms with Crippen LogP contribution in [0.5, 0.6) is 5.75 Å². The van der Waals surface area contributed by atoms with Crippen molar-refractivity contribution in [2.24, 2.45) is 0 Å². The fraction of sp³-hybridized carbons (Fsp3) is 0.429. The lowest BCUT2D eigenvalue weighted by Crippen LogP contribution is -2.33. The number of amides is 1. The molecule has 1 amide bonds. The van der Waals surface area contributed by atoms with Crippen molar-refractivity contribution in [3.63, 3.8) is 0 Å². The lowest BCUT2D eigenvalue weighted by Gasteiger charge is -2.27. The van der Waals surface area contributed by atoms with Crippen LogP contribution in [-0.4, -0.2) is 46.7 Å². The fourth-order valence-corrected chi connectivity index (χ4v) is 5.11. The monoisotopic (exact) mass is 502 g/mol. The predicted octanol–water partition coefficient (Wildman–Crippen LogP) is 4.21. The van der Waals surface area contributed by atoms with E-state index >= 15 is 0 Å². The van der Waals surface area contributed by atoms with Crippen LogP contribution in [-0.2, 0) is 0 Å². The molecule has 1 aliphatic heterocycles. The summed E-state index contributed by atoms with van der Waals surface area (Å²) >= 11 is 0. The molecule has 192 valence electrons. The van der Waals surface area contributed by atoms with E-state index in [0.29, 0.717) is 17.5 Å². The van der Waals surface area contributed by atoms with Gasteiger partial charge in [0.15, 0.2) is 0 Å². The van der Waals surface area contributed by atoms with E-state index in [1.807, 2.05) is 13.0 Å². The molecule has 37 heavy (non-hydrogen) atoms. The number of aryl methyl sites for hydroxylation is 1. The first-order valence-electron chi connectivity index (χ1n) is 12.8. The largest absolute Gasteiger partial charge is 0.506 e. The summed E-state index contributed by atoms with van der Waals surface area (Å²) in [6, 6.07) is 5.53. The van der Waals surface area contributed by atoms with E-state index < -0.39 is 11.9 Å². The molecule has 3 aromatic rings. The van der Waals surface area contributed by atoms with Crippen LogP contribution in [0.4, 0.5) is 10.1 Å². The molecular formula is C28H31FN6O2. The quantitative estimate of drug-likeness (QED) is 0.479. The molecule has 0 bridgehead atoms. The maximum atomic E-state index is 14.1. The van der Waals surface area contributed by atoms with Gasteiger partial charge in [-0.05, 0) is 58.2 Å². The van der Waals surface area contributed by atoms with Crippen LogP contribution < -0.4 is 15.5 Å². The lowest BCUT2D eigenvalue weighted by molar-refractivity contribution is 0.0939. The Kier molecular flexibility index (Phi) is 6.69. The van der Waals surface area contributed by atoms with Gasteiger partial charge in [0.25, 0.3) is 5.91 Å². The topological polar surface area (TPSA) is 114 Å². The van der Waals surface area contributed by atoms with E-state index in [1.54, 1.807) is 19.2 Å². The molecule has 1 saturated carbocycles. The Balaban J connectivity index is 1.58. The van der Waals surface area contributed by atoms with Gasteiger partial charge in [0.1, 0.15) is 17.6 Å². The molecule has 0 spiro atoms. The molecule has 2 fully saturated rings. The van der Waals surface area contributed by atoms with Crippen molar-refractivity contribution in [3.8, 4) is 11.8 Å². The summed E-state index contributed by atoms with van der Waals surface area (Å²) in [5.74, 6) is -0.970. The number of nitrogens with one attached hydrogen (secondary N) is 2. The second kappa shape index (κ2) is 9.94. The fourth-order valence-electron chi connectivity index (χ4n) is 5.11. The number of nitrogens with zero attached hydrogens (tertiary/aromatic N) is 4. The normalized spacial score (nSPS) is 18.8. The second-order valence-corrected chi connectivity index (χ2v) is 10.2. The average molecular weight is 503 g/mol. The number of aromatic hydroxyl groups is 1. The molecule has 1 aliphatic carbocycles. The molecule has 1 aromatic carbocycles. The van der Waals surface area contributed by atoms with Crippen molar-refractivity contribution >= 4 is 22.5 Å². The van der Waals surface area contributed by atoms with Crippen LogP contribution in [0.3, 0.4) is 0 Å². The molecule has 8 nitrogen and oxygen atoms in total. The van der Waals surface area contributed by atoms with Crippen molar-refractivity contribution in [2.75, 3.05) is 24.5 Å². The Hall–Kier alpha value is -3.77. The first-order valence-corrected chi connectivity index (χ1v) is 12.8. The van der Waals surface area contributed by atoms with E-state index in [9.17, 15) is 19.6 Å². The van der Waals surface area contributed by atoms with Crippen molar-refractivity contribution < 1.29 is 14.3 Å². The van der Waals surface area contributed by atoms with Crippen LogP contribution in [0.25, 0.3) is 10.9 Å².